The van der Waals surface area contributed by atoms with Crippen molar-refractivity contribution >= 4 is 28.3 Å². The molecule has 7 heteroatoms. The van der Waals surface area contributed by atoms with Crippen molar-refractivity contribution in [3.05, 3.63) is 16.0 Å². The molecule has 106 valence electrons. The van der Waals surface area contributed by atoms with Crippen LogP contribution in [0.4, 0.5) is 9.80 Å². The minimum absolute atomic E-state index is 0.155. The fourth-order valence-electron chi connectivity index (χ4n) is 1.50. The van der Waals surface area contributed by atoms with Gasteiger partial charge in [-0.15, -0.1) is 11.3 Å². The van der Waals surface area contributed by atoms with Crippen LogP contribution >= 0.6 is 11.3 Å². The second-order valence-electron chi connectivity index (χ2n) is 3.87. The van der Waals surface area contributed by atoms with Crippen molar-refractivity contribution < 1.29 is 19.4 Å². The predicted molar refractivity (Wildman–Crippen MR) is 74.3 cm³/mol. The summed E-state index contributed by atoms with van der Waals surface area (Å²) in [5, 5.41) is 14.7. The van der Waals surface area contributed by atoms with E-state index in [9.17, 15) is 9.59 Å². The number of aryl methyl sites for hydroxylation is 1. The summed E-state index contributed by atoms with van der Waals surface area (Å²) < 4.78 is 5.09. The first-order chi connectivity index (χ1) is 8.97. The number of ether oxygens (including phenoxy) is 1. The molecular formula is C12H18N2O4S. The molecule has 1 heterocycles. The largest absolute Gasteiger partial charge is 0.478 e. The number of carboxylic acid groups (broad SMARTS) is 1. The fraction of sp³-hybridized carbons (Fsp3) is 0.500. The van der Waals surface area contributed by atoms with E-state index in [0.29, 0.717) is 30.3 Å². The third kappa shape index (κ3) is 4.22. The Bertz CT molecular complexity index is 471. The van der Waals surface area contributed by atoms with E-state index in [1.165, 1.54) is 11.3 Å². The SMILES string of the molecule is CCOCCNC(=O)Nc1sc(C)c(C)c1C(=O)O. The molecule has 0 atom stereocenters. The molecule has 6 nitrogen and oxygen atoms in total. The van der Waals surface area contributed by atoms with E-state index in [-0.39, 0.29) is 5.56 Å². The van der Waals surface area contributed by atoms with E-state index in [4.69, 9.17) is 9.84 Å². The van der Waals surface area contributed by atoms with E-state index in [1.54, 1.807) is 6.92 Å². The van der Waals surface area contributed by atoms with Crippen LogP contribution in [0.15, 0.2) is 0 Å². The number of thiophene rings is 1. The summed E-state index contributed by atoms with van der Waals surface area (Å²) in [5.41, 5.74) is 0.838. The summed E-state index contributed by atoms with van der Waals surface area (Å²) in [4.78, 5) is 23.6. The van der Waals surface area contributed by atoms with Gasteiger partial charge in [0.2, 0.25) is 0 Å². The van der Waals surface area contributed by atoms with Crippen LogP contribution < -0.4 is 10.6 Å². The van der Waals surface area contributed by atoms with Gasteiger partial charge in [0.15, 0.2) is 0 Å². The van der Waals surface area contributed by atoms with Gasteiger partial charge in [-0.3, -0.25) is 5.32 Å². The molecule has 1 rings (SSSR count). The van der Waals surface area contributed by atoms with Crippen LogP contribution in [-0.2, 0) is 4.74 Å². The van der Waals surface area contributed by atoms with Gasteiger partial charge in [0.05, 0.1) is 12.2 Å². The second kappa shape index (κ2) is 7.10. The lowest BCUT2D eigenvalue weighted by atomic mass is 10.1. The Hall–Kier alpha value is -1.60. The maximum absolute atomic E-state index is 11.6. The van der Waals surface area contributed by atoms with Crippen molar-refractivity contribution in [3.63, 3.8) is 0 Å². The van der Waals surface area contributed by atoms with Crippen molar-refractivity contribution in [1.82, 2.24) is 5.32 Å². The van der Waals surface area contributed by atoms with Crippen LogP contribution in [0.2, 0.25) is 0 Å². The molecule has 0 bridgehead atoms. The molecule has 0 aliphatic rings. The molecule has 0 fully saturated rings. The Labute approximate surface area is 115 Å². The number of amides is 2. The minimum atomic E-state index is -1.04. The smallest absolute Gasteiger partial charge is 0.338 e. The van der Waals surface area contributed by atoms with E-state index < -0.39 is 12.0 Å². The van der Waals surface area contributed by atoms with Gasteiger partial charge in [0.25, 0.3) is 0 Å². The normalized spacial score (nSPS) is 10.3. The molecule has 3 N–H and O–H groups in total. The highest BCUT2D eigenvalue weighted by Gasteiger charge is 2.19. The molecule has 0 aliphatic carbocycles. The quantitative estimate of drug-likeness (QED) is 0.700. The summed E-state index contributed by atoms with van der Waals surface area (Å²) in [7, 11) is 0. The summed E-state index contributed by atoms with van der Waals surface area (Å²) in [5.74, 6) is -1.04. The molecule has 0 saturated carbocycles. The molecule has 0 radical (unpaired) electrons. The topological polar surface area (TPSA) is 87.7 Å². The molecule has 19 heavy (non-hydrogen) atoms. The Kier molecular flexibility index (Phi) is 5.78. The van der Waals surface area contributed by atoms with Gasteiger partial charge < -0.3 is 15.2 Å². The number of nitrogens with one attached hydrogen (secondary N) is 2. The lowest BCUT2D eigenvalue weighted by molar-refractivity contribution is 0.0697. The van der Waals surface area contributed by atoms with Gasteiger partial charge >= 0.3 is 12.0 Å². The Morgan fingerprint density at radius 3 is 2.63 bits per heavy atom. The van der Waals surface area contributed by atoms with Crippen LogP contribution in [0, 0.1) is 13.8 Å². The number of rotatable bonds is 6. The number of hydrogen-bond acceptors (Lipinski definition) is 4. The van der Waals surface area contributed by atoms with Crippen LogP contribution in [0.25, 0.3) is 0 Å². The van der Waals surface area contributed by atoms with E-state index in [0.717, 1.165) is 4.88 Å². The average molecular weight is 286 g/mol. The highest BCUT2D eigenvalue weighted by Crippen LogP contribution is 2.32. The van der Waals surface area contributed by atoms with Crippen molar-refractivity contribution in [2.75, 3.05) is 25.1 Å². The second-order valence-corrected chi connectivity index (χ2v) is 5.10. The lowest BCUT2D eigenvalue weighted by Gasteiger charge is -2.07. The van der Waals surface area contributed by atoms with E-state index in [2.05, 4.69) is 10.6 Å². The Balaban J connectivity index is 2.64. The highest BCUT2D eigenvalue weighted by molar-refractivity contribution is 7.16. The lowest BCUT2D eigenvalue weighted by Crippen LogP contribution is -2.31. The summed E-state index contributed by atoms with van der Waals surface area (Å²) in [6.45, 7) is 6.83. The monoisotopic (exact) mass is 286 g/mol. The number of carbonyl (C=O) groups excluding carboxylic acids is 1. The van der Waals surface area contributed by atoms with Gasteiger partial charge in [0, 0.05) is 18.0 Å². The Morgan fingerprint density at radius 1 is 1.37 bits per heavy atom. The van der Waals surface area contributed by atoms with Crippen LogP contribution in [0.5, 0.6) is 0 Å². The maximum atomic E-state index is 11.6. The first-order valence-corrected chi connectivity index (χ1v) is 6.74. The third-order valence-corrected chi connectivity index (χ3v) is 3.69. The van der Waals surface area contributed by atoms with Crippen molar-refractivity contribution in [1.29, 1.82) is 0 Å². The summed E-state index contributed by atoms with van der Waals surface area (Å²) in [6, 6.07) is -0.427. The van der Waals surface area contributed by atoms with Crippen molar-refractivity contribution in [2.45, 2.75) is 20.8 Å². The van der Waals surface area contributed by atoms with Crippen LogP contribution in [0.3, 0.4) is 0 Å². The number of anilines is 1. The molecule has 1 aromatic heterocycles. The van der Waals surface area contributed by atoms with Crippen molar-refractivity contribution in [2.24, 2.45) is 0 Å². The zero-order chi connectivity index (χ0) is 14.4. The highest BCUT2D eigenvalue weighted by atomic mass is 32.1. The van der Waals surface area contributed by atoms with E-state index in [1.807, 2.05) is 13.8 Å². The molecular weight excluding hydrogens is 268 g/mol. The maximum Gasteiger partial charge on any atom is 0.338 e. The molecule has 0 aromatic carbocycles. The molecule has 0 saturated heterocycles. The van der Waals surface area contributed by atoms with E-state index >= 15 is 0 Å². The minimum Gasteiger partial charge on any atom is -0.478 e. The van der Waals surface area contributed by atoms with Crippen LogP contribution in [0.1, 0.15) is 27.7 Å². The van der Waals surface area contributed by atoms with Gasteiger partial charge in [-0.2, -0.15) is 0 Å². The number of carboxylic acids is 1. The first kappa shape index (κ1) is 15.5. The van der Waals surface area contributed by atoms with Crippen molar-refractivity contribution in [3.8, 4) is 0 Å². The Morgan fingerprint density at radius 2 is 2.05 bits per heavy atom. The zero-order valence-electron chi connectivity index (χ0n) is 11.2. The first-order valence-electron chi connectivity index (χ1n) is 5.93. The van der Waals surface area contributed by atoms with Crippen LogP contribution in [-0.4, -0.2) is 36.9 Å². The zero-order valence-corrected chi connectivity index (χ0v) is 12.0. The number of urea groups is 1. The average Bonchev–Trinajstić information content (AvgIpc) is 2.60. The molecule has 2 amide bonds. The van der Waals surface area contributed by atoms with Gasteiger partial charge in [0.1, 0.15) is 5.00 Å². The van der Waals surface area contributed by atoms with Gasteiger partial charge in [-0.05, 0) is 26.3 Å². The number of aromatic carboxylic acids is 1. The van der Waals surface area contributed by atoms with Gasteiger partial charge in [-0.25, -0.2) is 9.59 Å². The summed E-state index contributed by atoms with van der Waals surface area (Å²) in [6.07, 6.45) is 0. The molecule has 0 spiro atoms. The molecule has 1 aromatic rings. The van der Waals surface area contributed by atoms with Gasteiger partial charge in [-0.1, -0.05) is 0 Å². The molecule has 0 aliphatic heterocycles. The number of hydrogen-bond donors (Lipinski definition) is 3. The fourth-order valence-corrected chi connectivity index (χ4v) is 2.55. The summed E-state index contributed by atoms with van der Waals surface area (Å²) >= 11 is 1.26. The number of carbonyl (C=O) groups is 2. The standard InChI is InChI=1S/C12H18N2O4S/c1-4-18-6-5-13-12(17)14-10-9(11(15)16)7(2)8(3)19-10/h4-6H2,1-3H3,(H,15,16)(H2,13,14,17). The third-order valence-electron chi connectivity index (χ3n) is 2.56. The molecule has 0 unspecified atom stereocenters. The predicted octanol–water partition coefficient (Wildman–Crippen LogP) is 2.22.